The van der Waals surface area contributed by atoms with E-state index in [4.69, 9.17) is 9.97 Å². The fourth-order valence-corrected chi connectivity index (χ4v) is 3.57. The van der Waals surface area contributed by atoms with Gasteiger partial charge in [-0.1, -0.05) is 33.8 Å². The van der Waals surface area contributed by atoms with Crippen LogP contribution in [0.4, 0.5) is 10.6 Å². The van der Waals surface area contributed by atoms with E-state index in [0.29, 0.717) is 17.7 Å². The lowest BCUT2D eigenvalue weighted by Gasteiger charge is -2.16. The average Bonchev–Trinajstić information content (AvgIpc) is 2.71. The number of benzene rings is 1. The minimum atomic E-state index is -1.04. The summed E-state index contributed by atoms with van der Waals surface area (Å²) in [7, 11) is 1.48. The molecular formula is C23H28N4O2. The molecule has 1 amide bonds. The number of amides is 1. The highest BCUT2D eigenvalue weighted by Gasteiger charge is 2.15. The molecule has 1 N–H and O–H groups in total. The summed E-state index contributed by atoms with van der Waals surface area (Å²) < 4.78 is 0. The largest absolute Gasteiger partial charge is 0.465 e. The van der Waals surface area contributed by atoms with E-state index in [9.17, 15) is 9.90 Å². The van der Waals surface area contributed by atoms with Crippen LogP contribution in [0.3, 0.4) is 0 Å². The molecule has 0 aliphatic carbocycles. The Bertz CT molecular complexity index is 1030. The molecule has 0 bridgehead atoms. The molecule has 3 rings (SSSR count). The van der Waals surface area contributed by atoms with Crippen molar-refractivity contribution >= 4 is 22.8 Å². The summed E-state index contributed by atoms with van der Waals surface area (Å²) in [4.78, 5) is 26.2. The molecular weight excluding hydrogens is 364 g/mol. The van der Waals surface area contributed by atoms with Crippen LogP contribution >= 0.6 is 0 Å². The van der Waals surface area contributed by atoms with E-state index in [2.05, 4.69) is 38.7 Å². The van der Waals surface area contributed by atoms with Crippen LogP contribution in [0.15, 0.2) is 36.5 Å². The zero-order valence-corrected chi connectivity index (χ0v) is 17.7. The third kappa shape index (κ3) is 4.53. The molecule has 6 nitrogen and oxygen atoms in total. The monoisotopic (exact) mass is 392 g/mol. The molecule has 0 fully saturated rings. The lowest BCUT2D eigenvalue weighted by molar-refractivity contribution is 0.203. The van der Waals surface area contributed by atoms with E-state index in [0.717, 1.165) is 51.3 Å². The second-order valence-electron chi connectivity index (χ2n) is 7.89. The van der Waals surface area contributed by atoms with Gasteiger partial charge < -0.3 is 5.11 Å². The number of carboxylic acid groups (broad SMARTS) is 1. The fourth-order valence-electron chi connectivity index (χ4n) is 3.57. The Morgan fingerprint density at radius 2 is 1.83 bits per heavy atom. The molecule has 6 heteroatoms. The maximum Gasteiger partial charge on any atom is 0.412 e. The lowest BCUT2D eigenvalue weighted by atomic mass is 9.97. The third-order valence-corrected chi connectivity index (χ3v) is 5.10. The highest BCUT2D eigenvalue weighted by atomic mass is 16.4. The van der Waals surface area contributed by atoms with Crippen LogP contribution in [-0.4, -0.2) is 33.2 Å². The summed E-state index contributed by atoms with van der Waals surface area (Å²) in [6.07, 6.45) is 2.47. The number of aryl methyl sites for hydroxylation is 1. The van der Waals surface area contributed by atoms with Crippen molar-refractivity contribution < 1.29 is 9.90 Å². The standard InChI is InChI=1S/C23H28N4O2/c1-6-19-18-12-16(17-9-10-24-21(13-17)27(5)23(28)29)7-8-20(18)26-22(25-19)15(4)11-14(2)3/h7-10,12-15H,6,11H2,1-5H3,(H,28,29). The van der Waals surface area contributed by atoms with E-state index < -0.39 is 6.09 Å². The number of anilines is 1. The van der Waals surface area contributed by atoms with Gasteiger partial charge in [-0.05, 0) is 54.2 Å². The summed E-state index contributed by atoms with van der Waals surface area (Å²) >= 11 is 0. The molecule has 0 saturated heterocycles. The molecule has 29 heavy (non-hydrogen) atoms. The normalized spacial score (nSPS) is 12.3. The van der Waals surface area contributed by atoms with E-state index in [1.807, 2.05) is 18.2 Å². The molecule has 0 aliphatic heterocycles. The number of aromatic nitrogens is 3. The van der Waals surface area contributed by atoms with Crippen LogP contribution < -0.4 is 4.90 Å². The van der Waals surface area contributed by atoms with Gasteiger partial charge in [-0.2, -0.15) is 0 Å². The summed E-state index contributed by atoms with van der Waals surface area (Å²) in [5.41, 5.74) is 3.88. The van der Waals surface area contributed by atoms with Crippen molar-refractivity contribution in [1.29, 1.82) is 0 Å². The summed E-state index contributed by atoms with van der Waals surface area (Å²) in [5, 5.41) is 10.2. The summed E-state index contributed by atoms with van der Waals surface area (Å²) in [5.74, 6) is 2.21. The van der Waals surface area contributed by atoms with Crippen LogP contribution in [0.1, 0.15) is 51.6 Å². The molecule has 0 radical (unpaired) electrons. The molecule has 0 aliphatic rings. The maximum absolute atomic E-state index is 11.2. The quantitative estimate of drug-likeness (QED) is 0.598. The number of fused-ring (bicyclic) bond motifs is 1. The topological polar surface area (TPSA) is 79.2 Å². The SMILES string of the molecule is CCc1nc(C(C)CC(C)C)nc2ccc(-c3ccnc(N(C)C(=O)O)c3)cc12. The van der Waals surface area contributed by atoms with Gasteiger partial charge in [-0.25, -0.2) is 19.7 Å². The van der Waals surface area contributed by atoms with Gasteiger partial charge in [0.2, 0.25) is 0 Å². The van der Waals surface area contributed by atoms with E-state index in [-0.39, 0.29) is 0 Å². The van der Waals surface area contributed by atoms with Crippen molar-refractivity contribution in [3.8, 4) is 11.1 Å². The number of hydrogen-bond acceptors (Lipinski definition) is 4. The van der Waals surface area contributed by atoms with Gasteiger partial charge in [0.05, 0.1) is 11.2 Å². The van der Waals surface area contributed by atoms with Crippen LogP contribution in [-0.2, 0) is 6.42 Å². The first kappa shape index (κ1) is 20.7. The Hall–Kier alpha value is -3.02. The van der Waals surface area contributed by atoms with Crippen molar-refractivity contribution in [2.45, 2.75) is 46.5 Å². The maximum atomic E-state index is 11.2. The van der Waals surface area contributed by atoms with Gasteiger partial charge in [-0.15, -0.1) is 0 Å². The van der Waals surface area contributed by atoms with Gasteiger partial charge >= 0.3 is 6.09 Å². The Kier molecular flexibility index (Phi) is 6.11. The number of carbonyl (C=O) groups is 1. The highest BCUT2D eigenvalue weighted by Crippen LogP contribution is 2.29. The molecule has 152 valence electrons. The Balaban J connectivity index is 2.04. The Morgan fingerprint density at radius 1 is 1.10 bits per heavy atom. The summed E-state index contributed by atoms with van der Waals surface area (Å²) in [6, 6.07) is 9.79. The molecule has 3 aromatic rings. The first-order valence-corrected chi connectivity index (χ1v) is 10.0. The van der Waals surface area contributed by atoms with Gasteiger partial charge in [0.25, 0.3) is 0 Å². The predicted molar refractivity (Wildman–Crippen MR) is 116 cm³/mol. The van der Waals surface area contributed by atoms with Crippen LogP contribution in [0.5, 0.6) is 0 Å². The van der Waals surface area contributed by atoms with Gasteiger partial charge in [0.1, 0.15) is 11.6 Å². The number of nitrogens with zero attached hydrogens (tertiary/aromatic N) is 4. The minimum Gasteiger partial charge on any atom is -0.465 e. The second-order valence-corrected chi connectivity index (χ2v) is 7.89. The lowest BCUT2D eigenvalue weighted by Crippen LogP contribution is -2.24. The van der Waals surface area contributed by atoms with Crippen molar-refractivity contribution in [2.75, 3.05) is 11.9 Å². The predicted octanol–water partition coefficient (Wildman–Crippen LogP) is 5.52. The molecule has 1 aromatic carbocycles. The van der Waals surface area contributed by atoms with Crippen LogP contribution in [0.25, 0.3) is 22.0 Å². The zero-order valence-electron chi connectivity index (χ0n) is 17.7. The molecule has 1 atom stereocenters. The van der Waals surface area contributed by atoms with E-state index in [1.54, 1.807) is 12.3 Å². The van der Waals surface area contributed by atoms with Crippen LogP contribution in [0.2, 0.25) is 0 Å². The third-order valence-electron chi connectivity index (χ3n) is 5.10. The minimum absolute atomic E-state index is 0.318. The molecule has 1 unspecified atom stereocenters. The van der Waals surface area contributed by atoms with Crippen molar-refractivity contribution in [3.63, 3.8) is 0 Å². The first-order valence-electron chi connectivity index (χ1n) is 10.0. The van der Waals surface area contributed by atoms with E-state index >= 15 is 0 Å². The zero-order chi connectivity index (χ0) is 21.1. The highest BCUT2D eigenvalue weighted by molar-refractivity contribution is 5.88. The molecule has 0 saturated carbocycles. The number of pyridine rings is 1. The molecule has 2 heterocycles. The summed E-state index contributed by atoms with van der Waals surface area (Å²) in [6.45, 7) is 8.73. The van der Waals surface area contributed by atoms with Gasteiger partial charge in [0.15, 0.2) is 0 Å². The smallest absolute Gasteiger partial charge is 0.412 e. The first-order chi connectivity index (χ1) is 13.8. The van der Waals surface area contributed by atoms with E-state index in [1.165, 1.54) is 7.05 Å². The van der Waals surface area contributed by atoms with Crippen molar-refractivity contribution in [3.05, 3.63) is 48.0 Å². The molecule has 2 aromatic heterocycles. The number of hydrogen-bond donors (Lipinski definition) is 1. The Labute approximate surface area is 171 Å². The van der Waals surface area contributed by atoms with Crippen molar-refractivity contribution in [1.82, 2.24) is 15.0 Å². The van der Waals surface area contributed by atoms with Gasteiger partial charge in [0, 0.05) is 24.5 Å². The van der Waals surface area contributed by atoms with Gasteiger partial charge in [-0.3, -0.25) is 4.90 Å². The number of rotatable bonds is 6. The van der Waals surface area contributed by atoms with Crippen LogP contribution in [0, 0.1) is 5.92 Å². The fraction of sp³-hybridized carbons (Fsp3) is 0.391. The average molecular weight is 393 g/mol. The second kappa shape index (κ2) is 8.55. The van der Waals surface area contributed by atoms with Crippen molar-refractivity contribution in [2.24, 2.45) is 5.92 Å². The molecule has 0 spiro atoms. The Morgan fingerprint density at radius 3 is 2.48 bits per heavy atom.